The topological polar surface area (TPSA) is 64.7 Å². The van der Waals surface area contributed by atoms with Crippen molar-refractivity contribution in [3.63, 3.8) is 0 Å². The Bertz CT molecular complexity index is 823. The third-order valence-corrected chi connectivity index (χ3v) is 3.45. The van der Waals surface area contributed by atoms with Crippen LogP contribution in [-0.2, 0) is 17.9 Å². The van der Waals surface area contributed by atoms with E-state index in [0.29, 0.717) is 17.3 Å². The number of anilines is 1. The van der Waals surface area contributed by atoms with Gasteiger partial charge in [-0.1, -0.05) is 41.4 Å². The lowest BCUT2D eigenvalue weighted by Gasteiger charge is -2.03. The third-order valence-electron chi connectivity index (χ3n) is 3.25. The van der Waals surface area contributed by atoms with E-state index < -0.39 is 0 Å². The molecule has 1 amide bonds. The monoisotopic (exact) mass is 329 g/mol. The molecule has 0 saturated heterocycles. The lowest BCUT2D eigenvalue weighted by Crippen LogP contribution is -2.18. The maximum Gasteiger partial charge on any atom is 0.246 e. The van der Waals surface area contributed by atoms with Gasteiger partial charge in [0.2, 0.25) is 5.91 Å². The summed E-state index contributed by atoms with van der Waals surface area (Å²) in [6.07, 6.45) is 6.52. The quantitative estimate of drug-likeness (QED) is 0.782. The van der Waals surface area contributed by atoms with Crippen LogP contribution in [0.25, 0.3) is 0 Å². The molecule has 0 unspecified atom stereocenters. The molecule has 0 spiro atoms. The highest BCUT2D eigenvalue weighted by Gasteiger charge is 2.07. The molecule has 1 aromatic carbocycles. The summed E-state index contributed by atoms with van der Waals surface area (Å²) in [5.41, 5.74) is 3.03. The van der Waals surface area contributed by atoms with Crippen molar-refractivity contribution < 1.29 is 4.79 Å². The van der Waals surface area contributed by atoms with Gasteiger partial charge < -0.3 is 5.32 Å². The van der Waals surface area contributed by atoms with Gasteiger partial charge in [0.1, 0.15) is 6.54 Å². The molecule has 2 aromatic heterocycles. The number of halogens is 1. The fourth-order valence-electron chi connectivity index (χ4n) is 2.28. The highest BCUT2D eigenvalue weighted by atomic mass is 35.5. The van der Waals surface area contributed by atoms with Gasteiger partial charge in [0, 0.05) is 12.4 Å². The molecule has 23 heavy (non-hydrogen) atoms. The molecule has 118 valence electrons. The number of nitrogens with one attached hydrogen (secondary N) is 1. The number of rotatable bonds is 5. The smallest absolute Gasteiger partial charge is 0.246 e. The van der Waals surface area contributed by atoms with E-state index in [9.17, 15) is 4.79 Å². The van der Waals surface area contributed by atoms with Crippen LogP contribution in [-0.4, -0.2) is 25.5 Å². The number of aromatic nitrogens is 4. The SMILES string of the molecule is Cc1cccc(Cn2cc(NC(=O)Cn3cc(Cl)cn3)cn2)c1. The number of benzene rings is 1. The summed E-state index contributed by atoms with van der Waals surface area (Å²) >= 11 is 5.77. The molecule has 2 heterocycles. The zero-order valence-corrected chi connectivity index (χ0v) is 13.4. The first kappa shape index (κ1) is 15.3. The average Bonchev–Trinajstić information content (AvgIpc) is 3.08. The Morgan fingerprint density at radius 1 is 1.22 bits per heavy atom. The molecular weight excluding hydrogens is 314 g/mol. The molecule has 0 aliphatic rings. The van der Waals surface area contributed by atoms with Crippen molar-refractivity contribution in [2.24, 2.45) is 0 Å². The summed E-state index contributed by atoms with van der Waals surface area (Å²) in [5, 5.41) is 11.5. The molecule has 6 nitrogen and oxygen atoms in total. The van der Waals surface area contributed by atoms with Crippen molar-refractivity contribution in [2.75, 3.05) is 5.32 Å². The van der Waals surface area contributed by atoms with Gasteiger partial charge in [0.15, 0.2) is 0 Å². The van der Waals surface area contributed by atoms with Crippen LogP contribution in [0.1, 0.15) is 11.1 Å². The van der Waals surface area contributed by atoms with E-state index in [0.717, 1.165) is 5.56 Å². The van der Waals surface area contributed by atoms with E-state index in [1.807, 2.05) is 12.1 Å². The zero-order chi connectivity index (χ0) is 16.2. The van der Waals surface area contributed by atoms with Gasteiger partial charge in [-0.05, 0) is 12.5 Å². The minimum atomic E-state index is -0.181. The summed E-state index contributed by atoms with van der Waals surface area (Å²) < 4.78 is 3.27. The molecule has 7 heteroatoms. The van der Waals surface area contributed by atoms with Gasteiger partial charge >= 0.3 is 0 Å². The maximum absolute atomic E-state index is 12.0. The first-order chi connectivity index (χ1) is 11.1. The summed E-state index contributed by atoms with van der Waals surface area (Å²) in [5.74, 6) is -0.181. The number of hydrogen-bond acceptors (Lipinski definition) is 3. The molecule has 0 bridgehead atoms. The number of carbonyl (C=O) groups excluding carboxylic acids is 1. The minimum Gasteiger partial charge on any atom is -0.322 e. The van der Waals surface area contributed by atoms with Crippen LogP contribution in [0.15, 0.2) is 49.1 Å². The van der Waals surface area contributed by atoms with Gasteiger partial charge in [0.25, 0.3) is 0 Å². The Balaban J connectivity index is 1.59. The Hall–Kier alpha value is -2.60. The highest BCUT2D eigenvalue weighted by Crippen LogP contribution is 2.10. The standard InChI is InChI=1S/C16H16ClN5O/c1-12-3-2-4-13(5-12)8-21-10-15(7-19-21)20-16(23)11-22-9-14(17)6-18-22/h2-7,9-10H,8,11H2,1H3,(H,20,23). The number of amides is 1. The number of hydrogen-bond donors (Lipinski definition) is 1. The average molecular weight is 330 g/mol. The van der Waals surface area contributed by atoms with Crippen LogP contribution in [0.5, 0.6) is 0 Å². The largest absolute Gasteiger partial charge is 0.322 e. The van der Waals surface area contributed by atoms with E-state index in [1.165, 1.54) is 16.4 Å². The summed E-state index contributed by atoms with van der Waals surface area (Å²) in [6.45, 7) is 2.82. The van der Waals surface area contributed by atoms with E-state index in [4.69, 9.17) is 11.6 Å². The molecule has 0 atom stereocenters. The van der Waals surface area contributed by atoms with Crippen LogP contribution >= 0.6 is 11.6 Å². The van der Waals surface area contributed by atoms with Gasteiger partial charge in [-0.2, -0.15) is 10.2 Å². The second kappa shape index (κ2) is 6.66. The van der Waals surface area contributed by atoms with Gasteiger partial charge in [-0.3, -0.25) is 14.2 Å². The van der Waals surface area contributed by atoms with Crippen molar-refractivity contribution in [2.45, 2.75) is 20.0 Å². The first-order valence-corrected chi connectivity index (χ1v) is 7.52. The molecule has 0 fully saturated rings. The van der Waals surface area contributed by atoms with Crippen molar-refractivity contribution in [1.29, 1.82) is 0 Å². The Morgan fingerprint density at radius 3 is 2.78 bits per heavy atom. The minimum absolute atomic E-state index is 0.107. The summed E-state index contributed by atoms with van der Waals surface area (Å²) in [6, 6.07) is 8.24. The Morgan fingerprint density at radius 2 is 2.04 bits per heavy atom. The molecule has 3 aromatic rings. The predicted molar refractivity (Wildman–Crippen MR) is 88.4 cm³/mol. The second-order valence-corrected chi connectivity index (χ2v) is 5.76. The van der Waals surface area contributed by atoms with Gasteiger partial charge in [0.05, 0.1) is 29.6 Å². The van der Waals surface area contributed by atoms with E-state index in [1.54, 1.807) is 23.3 Å². The van der Waals surface area contributed by atoms with Crippen LogP contribution < -0.4 is 5.32 Å². The van der Waals surface area contributed by atoms with Crippen LogP contribution in [0, 0.1) is 6.92 Å². The number of carbonyl (C=O) groups is 1. The van der Waals surface area contributed by atoms with Gasteiger partial charge in [-0.25, -0.2) is 0 Å². The van der Waals surface area contributed by atoms with E-state index >= 15 is 0 Å². The first-order valence-electron chi connectivity index (χ1n) is 7.14. The van der Waals surface area contributed by atoms with Crippen molar-refractivity contribution in [1.82, 2.24) is 19.6 Å². The van der Waals surface area contributed by atoms with Crippen LogP contribution in [0.2, 0.25) is 5.02 Å². The van der Waals surface area contributed by atoms with E-state index in [-0.39, 0.29) is 12.5 Å². The molecule has 0 aliphatic heterocycles. The predicted octanol–water partition coefficient (Wildman–Crippen LogP) is 2.73. The molecule has 0 radical (unpaired) electrons. The van der Waals surface area contributed by atoms with Crippen molar-refractivity contribution in [3.8, 4) is 0 Å². The fourth-order valence-corrected chi connectivity index (χ4v) is 2.44. The molecule has 3 rings (SSSR count). The van der Waals surface area contributed by atoms with Crippen molar-refractivity contribution in [3.05, 3.63) is 65.2 Å². The van der Waals surface area contributed by atoms with E-state index in [2.05, 4.69) is 34.6 Å². The molecular formula is C16H16ClN5O. The number of nitrogens with zero attached hydrogens (tertiary/aromatic N) is 4. The zero-order valence-electron chi connectivity index (χ0n) is 12.6. The lowest BCUT2D eigenvalue weighted by atomic mass is 10.1. The van der Waals surface area contributed by atoms with Gasteiger partial charge in [-0.15, -0.1) is 0 Å². The second-order valence-electron chi connectivity index (χ2n) is 5.32. The Labute approximate surface area is 138 Å². The molecule has 1 N–H and O–H groups in total. The van der Waals surface area contributed by atoms with Crippen LogP contribution in [0.4, 0.5) is 5.69 Å². The highest BCUT2D eigenvalue weighted by molar-refractivity contribution is 6.30. The summed E-state index contributed by atoms with van der Waals surface area (Å²) in [7, 11) is 0. The molecule has 0 aliphatic carbocycles. The fraction of sp³-hybridized carbons (Fsp3) is 0.188. The maximum atomic E-state index is 12.0. The number of aryl methyl sites for hydroxylation is 1. The van der Waals surface area contributed by atoms with Crippen LogP contribution in [0.3, 0.4) is 0 Å². The Kier molecular flexibility index (Phi) is 4.43. The summed E-state index contributed by atoms with van der Waals surface area (Å²) in [4.78, 5) is 12.0. The molecule has 0 saturated carbocycles. The third kappa shape index (κ3) is 4.20. The lowest BCUT2D eigenvalue weighted by molar-refractivity contribution is -0.116. The normalized spacial score (nSPS) is 10.7. The van der Waals surface area contributed by atoms with Crippen molar-refractivity contribution >= 4 is 23.2 Å².